The van der Waals surface area contributed by atoms with Crippen molar-refractivity contribution in [3.05, 3.63) is 83.9 Å². The molecule has 0 unspecified atom stereocenters. The summed E-state index contributed by atoms with van der Waals surface area (Å²) in [7, 11) is 2.93. The van der Waals surface area contributed by atoms with Crippen molar-refractivity contribution in [1.82, 2.24) is 0 Å². The summed E-state index contributed by atoms with van der Waals surface area (Å²) in [6, 6.07) is 18.3. The van der Waals surface area contributed by atoms with Crippen LogP contribution in [0.1, 0.15) is 62.4 Å². The van der Waals surface area contributed by atoms with Gasteiger partial charge in [-0.1, -0.05) is 67.1 Å². The smallest absolute Gasteiger partial charge is 0.340 e. The van der Waals surface area contributed by atoms with Gasteiger partial charge in [0, 0.05) is 20.3 Å². The second-order valence-corrected chi connectivity index (χ2v) is 9.17. The lowest BCUT2D eigenvalue weighted by atomic mass is 10.0. The van der Waals surface area contributed by atoms with Crippen molar-refractivity contribution in [3.8, 4) is 0 Å². The monoisotopic (exact) mass is 524 g/mol. The summed E-state index contributed by atoms with van der Waals surface area (Å²) in [6.07, 6.45) is 3.33. The number of carbonyl (C=O) groups is 3. The fourth-order valence-corrected chi connectivity index (χ4v) is 4.35. The molecule has 204 valence electrons. The van der Waals surface area contributed by atoms with Crippen LogP contribution >= 0.6 is 0 Å². The van der Waals surface area contributed by atoms with Gasteiger partial charge in [0.25, 0.3) is 0 Å². The first kappa shape index (κ1) is 29.1. The van der Waals surface area contributed by atoms with Gasteiger partial charge < -0.3 is 23.7 Å². The Kier molecular flexibility index (Phi) is 11.5. The molecule has 1 heterocycles. The van der Waals surface area contributed by atoms with Crippen molar-refractivity contribution >= 4 is 17.9 Å². The highest BCUT2D eigenvalue weighted by Crippen LogP contribution is 2.24. The summed E-state index contributed by atoms with van der Waals surface area (Å²) in [5.41, 5.74) is 1.43. The van der Waals surface area contributed by atoms with Gasteiger partial charge >= 0.3 is 17.9 Å². The Balaban J connectivity index is 1.46. The van der Waals surface area contributed by atoms with Crippen LogP contribution in [0.3, 0.4) is 0 Å². The van der Waals surface area contributed by atoms with E-state index in [9.17, 15) is 14.4 Å². The highest BCUT2D eigenvalue weighted by Gasteiger charge is 2.32. The van der Waals surface area contributed by atoms with Crippen LogP contribution < -0.4 is 0 Å². The van der Waals surface area contributed by atoms with Crippen LogP contribution in [0, 0.1) is 0 Å². The molecule has 2 aromatic carbocycles. The van der Waals surface area contributed by atoms with E-state index in [-0.39, 0.29) is 6.10 Å². The van der Waals surface area contributed by atoms with Gasteiger partial charge in [0.15, 0.2) is 18.3 Å². The van der Waals surface area contributed by atoms with E-state index in [0.29, 0.717) is 18.4 Å². The van der Waals surface area contributed by atoms with Gasteiger partial charge in [-0.15, -0.1) is 0 Å². The van der Waals surface area contributed by atoms with E-state index in [0.717, 1.165) is 24.8 Å². The molecule has 0 fully saturated rings. The van der Waals surface area contributed by atoms with Gasteiger partial charge in [0.2, 0.25) is 0 Å². The van der Waals surface area contributed by atoms with Gasteiger partial charge in [0.1, 0.15) is 6.10 Å². The Morgan fingerprint density at radius 1 is 0.789 bits per heavy atom. The molecule has 0 aromatic heterocycles. The number of hydrogen-bond donors (Lipinski definition) is 0. The highest BCUT2D eigenvalue weighted by molar-refractivity contribution is 5.84. The minimum atomic E-state index is -0.873. The van der Waals surface area contributed by atoms with E-state index in [2.05, 4.69) is 0 Å². The maximum atomic E-state index is 12.9. The minimum Gasteiger partial charge on any atom is -0.460 e. The van der Waals surface area contributed by atoms with E-state index in [1.807, 2.05) is 55.5 Å². The summed E-state index contributed by atoms with van der Waals surface area (Å²) in [5.74, 6) is -1.41. The van der Waals surface area contributed by atoms with Gasteiger partial charge in [0.05, 0.1) is 6.10 Å². The Hall–Kier alpha value is -3.49. The summed E-state index contributed by atoms with van der Waals surface area (Å²) in [6.45, 7) is 1.86. The Morgan fingerprint density at radius 3 is 1.82 bits per heavy atom. The van der Waals surface area contributed by atoms with Crippen LogP contribution in [0.25, 0.3) is 0 Å². The molecule has 0 amide bonds. The van der Waals surface area contributed by atoms with Crippen molar-refractivity contribution in [3.63, 3.8) is 0 Å². The van der Waals surface area contributed by atoms with E-state index in [1.165, 1.54) is 20.3 Å². The van der Waals surface area contributed by atoms with Crippen molar-refractivity contribution in [2.75, 3.05) is 14.2 Å². The molecule has 0 bridgehead atoms. The third-order valence-corrected chi connectivity index (χ3v) is 6.33. The molecule has 0 saturated carbocycles. The number of methoxy groups -OCH3 is 2. The fourth-order valence-electron chi connectivity index (χ4n) is 4.35. The number of unbranched alkanes of at least 4 members (excludes halogenated alkanes) is 2. The van der Waals surface area contributed by atoms with Crippen LogP contribution in [0.5, 0.6) is 0 Å². The first-order valence-electron chi connectivity index (χ1n) is 12.9. The zero-order chi connectivity index (χ0) is 27.3. The molecule has 0 saturated heterocycles. The van der Waals surface area contributed by atoms with Crippen LogP contribution in [-0.4, -0.2) is 50.4 Å². The lowest BCUT2D eigenvalue weighted by molar-refractivity contribution is -0.170. The number of hydrogen-bond acceptors (Lipinski definition) is 8. The predicted octanol–water partition coefficient (Wildman–Crippen LogP) is 5.04. The number of rotatable bonds is 15. The average Bonchev–Trinajstić information content (AvgIpc) is 3.36. The average molecular weight is 525 g/mol. The molecule has 0 N–H and O–H groups in total. The topological polar surface area (TPSA) is 97.4 Å². The number of esters is 3. The standard InChI is InChI=1S/C30H36O8/c1-21(36-29(32)27(34-2)22-14-8-5-9-15-22)13-7-4-12-18-24(25-19-20-26(31)37-25)38-30(33)28(35-3)23-16-10-6-11-17-23/h5-6,8-11,14-17,19-21,24-25,27-28H,4,7,12-13,18H2,1-3H3/t21-,24-,25-,27+,28+/m0/s1. The minimum absolute atomic E-state index is 0.274. The molecule has 8 heteroatoms. The SMILES string of the molecule is CO[C@@H](C(=O)O[C@@H](CCCCC[C@H](C)OC(=O)[C@H](OC)c1ccccc1)[C@@H]1C=CC(=O)O1)c1ccccc1. The van der Waals surface area contributed by atoms with Crippen LogP contribution in [0.4, 0.5) is 0 Å². The van der Waals surface area contributed by atoms with Crippen molar-refractivity contribution in [1.29, 1.82) is 0 Å². The number of cyclic esters (lactones) is 1. The summed E-state index contributed by atoms with van der Waals surface area (Å²) in [5, 5.41) is 0. The third kappa shape index (κ3) is 8.53. The normalized spacial score (nSPS) is 17.8. The summed E-state index contributed by atoms with van der Waals surface area (Å²) in [4.78, 5) is 37.1. The Labute approximate surface area is 223 Å². The Morgan fingerprint density at radius 2 is 1.32 bits per heavy atom. The van der Waals surface area contributed by atoms with Crippen LogP contribution in [-0.2, 0) is 38.1 Å². The van der Waals surface area contributed by atoms with Gasteiger partial charge in [-0.05, 0) is 49.8 Å². The highest BCUT2D eigenvalue weighted by atomic mass is 16.6. The maximum Gasteiger partial charge on any atom is 0.340 e. The van der Waals surface area contributed by atoms with E-state index >= 15 is 0 Å². The molecule has 8 nitrogen and oxygen atoms in total. The Bertz CT molecular complexity index is 1050. The van der Waals surface area contributed by atoms with Crippen LogP contribution in [0.2, 0.25) is 0 Å². The quantitative estimate of drug-likeness (QED) is 0.182. The molecule has 0 aliphatic carbocycles. The lowest BCUT2D eigenvalue weighted by Gasteiger charge is -2.25. The predicted molar refractivity (Wildman–Crippen MR) is 140 cm³/mol. The van der Waals surface area contributed by atoms with Crippen LogP contribution in [0.15, 0.2) is 72.8 Å². The molecule has 0 spiro atoms. The van der Waals surface area contributed by atoms with E-state index < -0.39 is 42.3 Å². The van der Waals surface area contributed by atoms with Gasteiger partial charge in [-0.2, -0.15) is 0 Å². The second-order valence-electron chi connectivity index (χ2n) is 9.17. The third-order valence-electron chi connectivity index (χ3n) is 6.33. The van der Waals surface area contributed by atoms with Crippen molar-refractivity contribution < 1.29 is 38.1 Å². The molecule has 0 radical (unpaired) electrons. The number of benzene rings is 2. The fraction of sp³-hybridized carbons (Fsp3) is 0.433. The number of ether oxygens (including phenoxy) is 5. The van der Waals surface area contributed by atoms with Gasteiger partial charge in [-0.25, -0.2) is 14.4 Å². The largest absolute Gasteiger partial charge is 0.460 e. The second kappa shape index (κ2) is 15.1. The lowest BCUT2D eigenvalue weighted by Crippen LogP contribution is -2.33. The van der Waals surface area contributed by atoms with Crippen molar-refractivity contribution in [2.45, 2.75) is 69.5 Å². The summed E-state index contributed by atoms with van der Waals surface area (Å²) < 4.78 is 27.4. The molecular weight excluding hydrogens is 488 g/mol. The van der Waals surface area contributed by atoms with E-state index in [4.69, 9.17) is 23.7 Å². The molecular formula is C30H36O8. The molecule has 2 aromatic rings. The summed E-state index contributed by atoms with van der Waals surface area (Å²) >= 11 is 0. The van der Waals surface area contributed by atoms with E-state index in [1.54, 1.807) is 18.2 Å². The zero-order valence-electron chi connectivity index (χ0n) is 22.1. The van der Waals surface area contributed by atoms with Crippen molar-refractivity contribution in [2.24, 2.45) is 0 Å². The first-order chi connectivity index (χ1) is 18.4. The molecule has 1 aliphatic heterocycles. The molecule has 1 aliphatic rings. The first-order valence-corrected chi connectivity index (χ1v) is 12.9. The molecule has 38 heavy (non-hydrogen) atoms. The molecule has 3 rings (SSSR count). The number of carbonyl (C=O) groups excluding carboxylic acids is 3. The molecule has 5 atom stereocenters. The zero-order valence-corrected chi connectivity index (χ0v) is 22.1. The maximum absolute atomic E-state index is 12.9. The van der Waals surface area contributed by atoms with Gasteiger partial charge in [-0.3, -0.25) is 0 Å².